The second kappa shape index (κ2) is 6.17. The Balaban J connectivity index is 2.17. The van der Waals surface area contributed by atoms with Crippen molar-refractivity contribution in [1.82, 2.24) is 0 Å². The Morgan fingerprint density at radius 2 is 1.86 bits per heavy atom. The van der Waals surface area contributed by atoms with Crippen LogP contribution in [0.25, 0.3) is 0 Å². The third kappa shape index (κ3) is 3.55. The minimum atomic E-state index is -1.38. The van der Waals surface area contributed by atoms with Gasteiger partial charge in [0.2, 0.25) is 0 Å². The molecular formula is C14H8BrF3O3. The summed E-state index contributed by atoms with van der Waals surface area (Å²) >= 11 is 2.96. The highest BCUT2D eigenvalue weighted by Crippen LogP contribution is 2.30. The summed E-state index contributed by atoms with van der Waals surface area (Å²) in [7, 11) is 0. The first-order valence-corrected chi connectivity index (χ1v) is 6.47. The van der Waals surface area contributed by atoms with Crippen molar-refractivity contribution in [3.8, 4) is 5.75 Å². The van der Waals surface area contributed by atoms with E-state index in [1.807, 2.05) is 0 Å². The molecule has 0 saturated carbocycles. The summed E-state index contributed by atoms with van der Waals surface area (Å²) < 4.78 is 45.1. The van der Waals surface area contributed by atoms with Crippen LogP contribution in [0.1, 0.15) is 15.9 Å². The van der Waals surface area contributed by atoms with E-state index in [9.17, 15) is 18.0 Å². The van der Waals surface area contributed by atoms with Crippen molar-refractivity contribution in [3.05, 3.63) is 63.4 Å². The summed E-state index contributed by atoms with van der Waals surface area (Å²) in [6, 6.07) is 5.12. The van der Waals surface area contributed by atoms with Crippen molar-refractivity contribution in [1.29, 1.82) is 0 Å². The van der Waals surface area contributed by atoms with E-state index in [-0.39, 0.29) is 16.8 Å². The van der Waals surface area contributed by atoms with Gasteiger partial charge < -0.3 is 9.84 Å². The summed E-state index contributed by atoms with van der Waals surface area (Å²) in [5.74, 6) is -4.17. The molecule has 0 bridgehead atoms. The fourth-order valence-electron chi connectivity index (χ4n) is 1.64. The summed E-state index contributed by atoms with van der Waals surface area (Å²) in [5.41, 5.74) is -0.152. The number of hydrogen-bond acceptors (Lipinski definition) is 2. The molecule has 0 atom stereocenters. The van der Waals surface area contributed by atoms with E-state index in [4.69, 9.17) is 9.84 Å². The maximum Gasteiger partial charge on any atom is 0.338 e. The Labute approximate surface area is 126 Å². The minimum absolute atomic E-state index is 0.0858. The first-order valence-electron chi connectivity index (χ1n) is 5.67. The van der Waals surface area contributed by atoms with Crippen molar-refractivity contribution in [2.45, 2.75) is 6.61 Å². The fourth-order valence-corrected chi connectivity index (χ4v) is 2.17. The van der Waals surface area contributed by atoms with Gasteiger partial charge in [-0.15, -0.1) is 0 Å². The van der Waals surface area contributed by atoms with Gasteiger partial charge in [-0.25, -0.2) is 18.0 Å². The average Bonchev–Trinajstić information content (AvgIpc) is 2.36. The van der Waals surface area contributed by atoms with E-state index in [1.54, 1.807) is 0 Å². The molecule has 0 aliphatic carbocycles. The van der Waals surface area contributed by atoms with Crippen LogP contribution in [0, 0.1) is 17.5 Å². The standard InChI is InChI=1S/C14H8BrF3O3/c15-10-4-8(16)5-12(18)13(10)21-6-7-1-2-9(14(19)20)11(17)3-7/h1-5H,6H2,(H,19,20). The Morgan fingerprint density at radius 1 is 1.14 bits per heavy atom. The van der Waals surface area contributed by atoms with Gasteiger partial charge in [0.15, 0.2) is 11.6 Å². The molecule has 0 fully saturated rings. The zero-order valence-electron chi connectivity index (χ0n) is 10.4. The molecule has 2 rings (SSSR count). The summed E-state index contributed by atoms with van der Waals surface area (Å²) in [6.45, 7) is -0.196. The molecule has 7 heteroatoms. The van der Waals surface area contributed by atoms with Gasteiger partial charge in [0, 0.05) is 6.07 Å². The lowest BCUT2D eigenvalue weighted by molar-refractivity contribution is 0.0692. The number of rotatable bonds is 4. The van der Waals surface area contributed by atoms with E-state index in [2.05, 4.69) is 15.9 Å². The van der Waals surface area contributed by atoms with E-state index < -0.39 is 29.0 Å². The predicted molar refractivity (Wildman–Crippen MR) is 71.7 cm³/mol. The lowest BCUT2D eigenvalue weighted by Gasteiger charge is -2.10. The quantitative estimate of drug-likeness (QED) is 0.890. The number of carbonyl (C=O) groups is 1. The van der Waals surface area contributed by atoms with E-state index in [0.717, 1.165) is 18.2 Å². The van der Waals surface area contributed by atoms with Gasteiger partial charge in [-0.2, -0.15) is 0 Å². The number of carboxylic acids is 1. The second-order valence-corrected chi connectivity index (χ2v) is 4.96. The smallest absolute Gasteiger partial charge is 0.338 e. The summed E-state index contributed by atoms with van der Waals surface area (Å²) in [6.07, 6.45) is 0. The van der Waals surface area contributed by atoms with Crippen LogP contribution in [0.2, 0.25) is 0 Å². The number of benzene rings is 2. The first-order chi connectivity index (χ1) is 9.88. The van der Waals surface area contributed by atoms with Crippen LogP contribution in [-0.2, 0) is 6.61 Å². The molecular weight excluding hydrogens is 353 g/mol. The molecule has 0 unspecified atom stereocenters. The van der Waals surface area contributed by atoms with E-state index in [1.165, 1.54) is 6.07 Å². The molecule has 21 heavy (non-hydrogen) atoms. The molecule has 0 heterocycles. The average molecular weight is 361 g/mol. The van der Waals surface area contributed by atoms with Crippen LogP contribution in [0.4, 0.5) is 13.2 Å². The van der Waals surface area contributed by atoms with Crippen LogP contribution in [-0.4, -0.2) is 11.1 Å². The lowest BCUT2D eigenvalue weighted by atomic mass is 10.1. The van der Waals surface area contributed by atoms with Crippen LogP contribution >= 0.6 is 15.9 Å². The van der Waals surface area contributed by atoms with E-state index in [0.29, 0.717) is 11.6 Å². The van der Waals surface area contributed by atoms with Crippen LogP contribution in [0.5, 0.6) is 5.75 Å². The van der Waals surface area contributed by atoms with Crippen molar-refractivity contribution >= 4 is 21.9 Å². The van der Waals surface area contributed by atoms with Gasteiger partial charge in [0.25, 0.3) is 0 Å². The van der Waals surface area contributed by atoms with Gasteiger partial charge in [-0.05, 0) is 39.7 Å². The summed E-state index contributed by atoms with van der Waals surface area (Å²) in [4.78, 5) is 10.7. The molecule has 1 N–H and O–H groups in total. The SMILES string of the molecule is O=C(O)c1ccc(COc2c(F)cc(F)cc2Br)cc1F. The zero-order valence-corrected chi connectivity index (χ0v) is 12.0. The molecule has 0 spiro atoms. The first kappa shape index (κ1) is 15.4. The van der Waals surface area contributed by atoms with Crippen molar-refractivity contribution in [2.24, 2.45) is 0 Å². The Morgan fingerprint density at radius 3 is 2.43 bits per heavy atom. The highest BCUT2D eigenvalue weighted by Gasteiger charge is 2.13. The largest absolute Gasteiger partial charge is 0.485 e. The molecule has 3 nitrogen and oxygen atoms in total. The van der Waals surface area contributed by atoms with Gasteiger partial charge in [-0.3, -0.25) is 0 Å². The number of carboxylic acid groups (broad SMARTS) is 1. The number of hydrogen-bond donors (Lipinski definition) is 1. The topological polar surface area (TPSA) is 46.5 Å². The van der Waals surface area contributed by atoms with Gasteiger partial charge in [-0.1, -0.05) is 6.07 Å². The number of aromatic carboxylic acids is 1. The Kier molecular flexibility index (Phi) is 4.52. The van der Waals surface area contributed by atoms with Crippen molar-refractivity contribution < 1.29 is 27.8 Å². The molecule has 0 radical (unpaired) electrons. The molecule has 0 aliphatic rings. The second-order valence-electron chi connectivity index (χ2n) is 4.11. The molecule has 2 aromatic carbocycles. The maximum absolute atomic E-state index is 13.5. The van der Waals surface area contributed by atoms with Gasteiger partial charge >= 0.3 is 5.97 Å². The highest BCUT2D eigenvalue weighted by atomic mass is 79.9. The monoisotopic (exact) mass is 360 g/mol. The van der Waals surface area contributed by atoms with Crippen LogP contribution in [0.15, 0.2) is 34.8 Å². The van der Waals surface area contributed by atoms with Crippen LogP contribution in [0.3, 0.4) is 0 Å². The molecule has 0 saturated heterocycles. The third-order valence-corrected chi connectivity index (χ3v) is 3.20. The van der Waals surface area contributed by atoms with Gasteiger partial charge in [0.05, 0.1) is 10.0 Å². The zero-order chi connectivity index (χ0) is 15.6. The lowest BCUT2D eigenvalue weighted by Crippen LogP contribution is -2.03. The highest BCUT2D eigenvalue weighted by molar-refractivity contribution is 9.10. The van der Waals surface area contributed by atoms with E-state index >= 15 is 0 Å². The van der Waals surface area contributed by atoms with Gasteiger partial charge in [0.1, 0.15) is 18.2 Å². The minimum Gasteiger partial charge on any atom is -0.485 e. The molecule has 110 valence electrons. The fraction of sp³-hybridized carbons (Fsp3) is 0.0714. The van der Waals surface area contributed by atoms with Crippen LogP contribution < -0.4 is 4.74 Å². The number of halogens is 4. The Hall–Kier alpha value is -2.02. The Bertz CT molecular complexity index is 681. The number of ether oxygens (including phenoxy) is 1. The van der Waals surface area contributed by atoms with Crippen molar-refractivity contribution in [3.63, 3.8) is 0 Å². The molecule has 2 aromatic rings. The molecule has 0 amide bonds. The van der Waals surface area contributed by atoms with Crippen molar-refractivity contribution in [2.75, 3.05) is 0 Å². The molecule has 0 aromatic heterocycles. The summed E-state index contributed by atoms with van der Waals surface area (Å²) in [5, 5.41) is 8.70. The maximum atomic E-state index is 13.5. The predicted octanol–water partition coefficient (Wildman–Crippen LogP) is 4.14. The third-order valence-electron chi connectivity index (χ3n) is 2.61. The normalized spacial score (nSPS) is 10.5. The molecule has 0 aliphatic heterocycles.